The number of nitrogens with one attached hydrogen (secondary N) is 1. The Kier molecular flexibility index (Phi) is 4.69. The predicted molar refractivity (Wildman–Crippen MR) is 97.1 cm³/mol. The average molecular weight is 338 g/mol. The summed E-state index contributed by atoms with van der Waals surface area (Å²) in [6.07, 6.45) is 0. The molecule has 2 aromatic carbocycles. The van der Waals surface area contributed by atoms with Crippen LogP contribution in [0.3, 0.4) is 0 Å². The number of nitrogens with zero attached hydrogens (tertiary/aromatic N) is 2. The largest absolute Gasteiger partial charge is 0.299 e. The summed E-state index contributed by atoms with van der Waals surface area (Å²) in [5.74, 6) is 0.617. The summed E-state index contributed by atoms with van der Waals surface area (Å²) in [5, 5.41) is 19.5. The van der Waals surface area contributed by atoms with Gasteiger partial charge in [-0.05, 0) is 13.0 Å². The van der Waals surface area contributed by atoms with Crippen molar-refractivity contribution in [2.24, 2.45) is 0 Å². The molecular formula is C19H18ClN4+. The first kappa shape index (κ1) is 16.3. The lowest BCUT2D eigenvalue weighted by molar-refractivity contribution is -0.543. The summed E-state index contributed by atoms with van der Waals surface area (Å²) in [7, 11) is 1.87. The number of hydrogen-bond acceptors (Lipinski definition) is 3. The van der Waals surface area contributed by atoms with E-state index >= 15 is 0 Å². The standard InChI is InChI=1S/C19H17ClN4/c1-12-7-6-10-14(11-12)17(21)15-16(20)18(23-24-19(15)22-2)13-8-4-3-5-9-13/h3-11,21H,1-2H3,(H,22,24)/p+1. The third kappa shape index (κ3) is 3.07. The molecular weight excluding hydrogens is 320 g/mol. The molecule has 120 valence electrons. The molecule has 5 heteroatoms. The van der Waals surface area contributed by atoms with Crippen LogP contribution in [0.4, 0.5) is 5.82 Å². The van der Waals surface area contributed by atoms with Gasteiger partial charge in [0.15, 0.2) is 0 Å². The number of aryl methyl sites for hydroxylation is 1. The molecule has 0 saturated carbocycles. The quantitative estimate of drug-likeness (QED) is 0.717. The molecule has 0 aliphatic heterocycles. The highest BCUT2D eigenvalue weighted by molar-refractivity contribution is 6.38. The fourth-order valence-electron chi connectivity index (χ4n) is 2.59. The van der Waals surface area contributed by atoms with Crippen molar-refractivity contribution in [3.8, 4) is 11.3 Å². The second-order valence-electron chi connectivity index (χ2n) is 5.52. The Labute approximate surface area is 146 Å². The highest BCUT2D eigenvalue weighted by atomic mass is 35.5. The highest BCUT2D eigenvalue weighted by Gasteiger charge is 2.22. The number of quaternary nitrogens is 1. The van der Waals surface area contributed by atoms with Crippen molar-refractivity contribution in [1.82, 2.24) is 10.2 Å². The first-order valence-corrected chi connectivity index (χ1v) is 8.06. The van der Waals surface area contributed by atoms with E-state index in [0.717, 1.165) is 16.7 Å². The van der Waals surface area contributed by atoms with Crippen LogP contribution in [0.25, 0.3) is 11.3 Å². The molecule has 0 saturated heterocycles. The zero-order valence-corrected chi connectivity index (χ0v) is 14.3. The molecule has 3 aromatic rings. The van der Waals surface area contributed by atoms with Crippen molar-refractivity contribution in [2.75, 3.05) is 7.05 Å². The molecule has 0 unspecified atom stereocenters. The van der Waals surface area contributed by atoms with Crippen molar-refractivity contribution in [3.63, 3.8) is 0 Å². The number of nitrogens with two attached hydrogens (primary N) is 1. The minimum Gasteiger partial charge on any atom is -0.299 e. The molecule has 0 aliphatic rings. The molecule has 0 amide bonds. The van der Waals surface area contributed by atoms with Gasteiger partial charge >= 0.3 is 0 Å². The zero-order valence-electron chi connectivity index (χ0n) is 13.5. The van der Waals surface area contributed by atoms with Gasteiger partial charge in [-0.2, -0.15) is 0 Å². The fraction of sp³-hybridized carbons (Fsp3) is 0.105. The first-order chi connectivity index (χ1) is 11.6. The third-order valence-electron chi connectivity index (χ3n) is 3.82. The Morgan fingerprint density at radius 2 is 1.79 bits per heavy atom. The Balaban J connectivity index is 2.17. The van der Waals surface area contributed by atoms with E-state index in [0.29, 0.717) is 27.8 Å². The number of rotatable bonds is 4. The Morgan fingerprint density at radius 3 is 2.46 bits per heavy atom. The highest BCUT2D eigenvalue weighted by Crippen LogP contribution is 2.31. The van der Waals surface area contributed by atoms with E-state index in [1.807, 2.05) is 73.9 Å². The van der Waals surface area contributed by atoms with Gasteiger partial charge in [-0.3, -0.25) is 10.7 Å². The van der Waals surface area contributed by atoms with Crippen LogP contribution >= 0.6 is 11.6 Å². The fourth-order valence-corrected chi connectivity index (χ4v) is 2.93. The van der Waals surface area contributed by atoms with Crippen LogP contribution in [0.2, 0.25) is 5.02 Å². The maximum Gasteiger partial charge on any atom is 0.254 e. The van der Waals surface area contributed by atoms with E-state index in [9.17, 15) is 0 Å². The minimum atomic E-state index is 0.351. The lowest BCUT2D eigenvalue weighted by Gasteiger charge is -2.12. The van der Waals surface area contributed by atoms with E-state index in [4.69, 9.17) is 17.0 Å². The van der Waals surface area contributed by atoms with Crippen LogP contribution in [0.1, 0.15) is 16.7 Å². The van der Waals surface area contributed by atoms with Gasteiger partial charge in [-0.15, -0.1) is 5.10 Å². The van der Waals surface area contributed by atoms with Crippen LogP contribution in [-0.2, 0) is 0 Å². The summed E-state index contributed by atoms with van der Waals surface area (Å²) < 4.78 is 0. The Hall–Kier alpha value is -2.56. The molecule has 0 spiro atoms. The lowest BCUT2D eigenvalue weighted by Crippen LogP contribution is -2.74. The van der Waals surface area contributed by atoms with Gasteiger partial charge in [-0.25, -0.2) is 0 Å². The molecule has 3 N–H and O–H groups in total. The molecule has 1 heterocycles. The summed E-state index contributed by atoms with van der Waals surface area (Å²) in [6, 6.07) is 17.5. The van der Waals surface area contributed by atoms with Crippen molar-refractivity contribution in [1.29, 1.82) is 5.41 Å². The van der Waals surface area contributed by atoms with Gasteiger partial charge in [0.05, 0.1) is 17.8 Å². The van der Waals surface area contributed by atoms with Gasteiger partial charge in [-0.1, -0.05) is 70.8 Å². The second kappa shape index (κ2) is 6.91. The molecule has 0 bridgehead atoms. The Bertz CT molecular complexity index is 891. The summed E-state index contributed by atoms with van der Waals surface area (Å²) in [4.78, 5) is 0. The summed E-state index contributed by atoms with van der Waals surface area (Å²) in [5.41, 5.74) is 4.35. The summed E-state index contributed by atoms with van der Waals surface area (Å²) in [6.45, 7) is 2.01. The average Bonchev–Trinajstić information content (AvgIpc) is 2.61. The van der Waals surface area contributed by atoms with E-state index < -0.39 is 0 Å². The minimum absolute atomic E-state index is 0.351. The first-order valence-electron chi connectivity index (χ1n) is 7.68. The van der Waals surface area contributed by atoms with E-state index in [-0.39, 0.29) is 0 Å². The van der Waals surface area contributed by atoms with Crippen LogP contribution < -0.4 is 5.32 Å². The van der Waals surface area contributed by atoms with Gasteiger partial charge in [0.2, 0.25) is 0 Å². The van der Waals surface area contributed by atoms with Gasteiger partial charge in [0.25, 0.3) is 5.82 Å². The van der Waals surface area contributed by atoms with Crippen molar-refractivity contribution >= 4 is 23.1 Å². The molecule has 0 fully saturated rings. The van der Waals surface area contributed by atoms with Crippen molar-refractivity contribution in [3.05, 3.63) is 76.3 Å². The second-order valence-corrected chi connectivity index (χ2v) is 5.90. The van der Waals surface area contributed by atoms with E-state index in [1.165, 1.54) is 0 Å². The van der Waals surface area contributed by atoms with Crippen molar-refractivity contribution < 1.29 is 5.32 Å². The predicted octanol–water partition coefficient (Wildman–Crippen LogP) is 3.35. The molecule has 0 aliphatic carbocycles. The number of aromatic nitrogens is 2. The molecule has 1 aromatic heterocycles. The topological polar surface area (TPSA) is 66.2 Å². The van der Waals surface area contributed by atoms with Crippen molar-refractivity contribution in [2.45, 2.75) is 6.92 Å². The smallest absolute Gasteiger partial charge is 0.254 e. The monoisotopic (exact) mass is 337 g/mol. The molecule has 3 rings (SSSR count). The van der Waals surface area contributed by atoms with Crippen LogP contribution in [0.5, 0.6) is 0 Å². The zero-order chi connectivity index (χ0) is 17.1. The molecule has 4 nitrogen and oxygen atoms in total. The van der Waals surface area contributed by atoms with Crippen LogP contribution in [0.15, 0.2) is 54.6 Å². The van der Waals surface area contributed by atoms with Gasteiger partial charge in [0.1, 0.15) is 11.3 Å². The normalized spacial score (nSPS) is 10.6. The number of halogens is 1. The van der Waals surface area contributed by atoms with Gasteiger partial charge in [0, 0.05) is 11.1 Å². The number of hydrogen-bond donors (Lipinski definition) is 2. The lowest BCUT2D eigenvalue weighted by atomic mass is 9.99. The maximum absolute atomic E-state index is 8.64. The summed E-state index contributed by atoms with van der Waals surface area (Å²) >= 11 is 6.65. The Morgan fingerprint density at radius 1 is 1.04 bits per heavy atom. The van der Waals surface area contributed by atoms with Crippen LogP contribution in [-0.4, -0.2) is 23.0 Å². The SMILES string of the molecule is C[NH2+]c1nnc(-c2ccccc2)c(Cl)c1C(=N)c1cccc(C)c1. The van der Waals surface area contributed by atoms with Crippen LogP contribution in [0, 0.1) is 12.3 Å². The van der Waals surface area contributed by atoms with Gasteiger partial charge < -0.3 is 0 Å². The van der Waals surface area contributed by atoms with E-state index in [2.05, 4.69) is 10.2 Å². The maximum atomic E-state index is 8.64. The third-order valence-corrected chi connectivity index (χ3v) is 4.19. The molecule has 0 atom stereocenters. The number of benzene rings is 2. The molecule has 24 heavy (non-hydrogen) atoms. The van der Waals surface area contributed by atoms with E-state index in [1.54, 1.807) is 0 Å². The molecule has 0 radical (unpaired) electrons.